The number of amides is 1. The van der Waals surface area contributed by atoms with Gasteiger partial charge in [-0.05, 0) is 52.0 Å². The van der Waals surface area contributed by atoms with Crippen molar-refractivity contribution in [1.29, 1.82) is 0 Å². The molecule has 0 atom stereocenters. The van der Waals surface area contributed by atoms with Crippen LogP contribution in [0.25, 0.3) is 5.69 Å². The first-order valence-electron chi connectivity index (χ1n) is 8.11. The van der Waals surface area contributed by atoms with Gasteiger partial charge in [0.2, 0.25) is 5.82 Å². The van der Waals surface area contributed by atoms with Crippen molar-refractivity contribution in [3.05, 3.63) is 40.9 Å². The number of hydrogen-bond acceptors (Lipinski definition) is 4. The van der Waals surface area contributed by atoms with Crippen molar-refractivity contribution in [1.82, 2.24) is 24.6 Å². The van der Waals surface area contributed by atoms with E-state index in [1.54, 1.807) is 15.6 Å². The van der Waals surface area contributed by atoms with Gasteiger partial charge in [0.1, 0.15) is 5.82 Å². The molecule has 1 aliphatic rings. The lowest BCUT2D eigenvalue weighted by atomic mass is 10.0. The number of para-hydroxylation sites is 1. The Labute approximate surface area is 147 Å². The second kappa shape index (κ2) is 6.91. The highest BCUT2D eigenvalue weighted by Crippen LogP contribution is 2.21. The van der Waals surface area contributed by atoms with Crippen LogP contribution in [0.2, 0.25) is 5.02 Å². The first-order chi connectivity index (χ1) is 11.5. The van der Waals surface area contributed by atoms with Gasteiger partial charge in [0, 0.05) is 13.1 Å². The molecule has 7 heteroatoms. The largest absolute Gasteiger partial charge is 0.336 e. The molecule has 0 aliphatic carbocycles. The minimum Gasteiger partial charge on any atom is -0.336 e. The maximum Gasteiger partial charge on any atom is 0.293 e. The fourth-order valence-electron chi connectivity index (χ4n) is 3.04. The Kier molecular flexibility index (Phi) is 4.87. The molecule has 1 aliphatic heterocycles. The molecule has 1 amide bonds. The van der Waals surface area contributed by atoms with E-state index in [9.17, 15) is 4.79 Å². The Morgan fingerprint density at radius 2 is 1.96 bits per heavy atom. The molecule has 1 aromatic heterocycles. The van der Waals surface area contributed by atoms with Crippen LogP contribution in [-0.2, 0) is 0 Å². The SMILES string of the molecule is Cc1nc(C(=O)N(C)C2CCN(C)CC2)nn1-c1ccccc1Cl. The molecule has 3 rings (SSSR count). The van der Waals surface area contributed by atoms with E-state index in [1.165, 1.54) is 0 Å². The lowest BCUT2D eigenvalue weighted by Crippen LogP contribution is -2.44. The summed E-state index contributed by atoms with van der Waals surface area (Å²) in [5.74, 6) is 0.718. The van der Waals surface area contributed by atoms with E-state index < -0.39 is 0 Å². The van der Waals surface area contributed by atoms with Gasteiger partial charge in [0.15, 0.2) is 0 Å². The molecule has 0 saturated carbocycles. The van der Waals surface area contributed by atoms with E-state index in [1.807, 2.05) is 32.2 Å². The van der Waals surface area contributed by atoms with Crippen LogP contribution in [-0.4, -0.2) is 63.7 Å². The topological polar surface area (TPSA) is 54.3 Å². The molecule has 2 heterocycles. The van der Waals surface area contributed by atoms with Crippen molar-refractivity contribution >= 4 is 17.5 Å². The van der Waals surface area contributed by atoms with Crippen LogP contribution in [0.4, 0.5) is 0 Å². The third-order valence-electron chi connectivity index (χ3n) is 4.60. The molecule has 2 aromatic rings. The van der Waals surface area contributed by atoms with Gasteiger partial charge >= 0.3 is 0 Å². The summed E-state index contributed by atoms with van der Waals surface area (Å²) in [6.07, 6.45) is 1.95. The molecule has 0 unspecified atom stereocenters. The number of hydrogen-bond donors (Lipinski definition) is 0. The van der Waals surface area contributed by atoms with Crippen LogP contribution in [0.1, 0.15) is 29.3 Å². The molecule has 1 fully saturated rings. The van der Waals surface area contributed by atoms with Crippen molar-refractivity contribution in [3.63, 3.8) is 0 Å². The Morgan fingerprint density at radius 3 is 2.62 bits per heavy atom. The van der Waals surface area contributed by atoms with E-state index in [4.69, 9.17) is 11.6 Å². The minimum atomic E-state index is -0.140. The predicted molar refractivity (Wildman–Crippen MR) is 93.7 cm³/mol. The average Bonchev–Trinajstić information content (AvgIpc) is 2.96. The third kappa shape index (κ3) is 3.30. The number of halogens is 1. The Balaban J connectivity index is 1.81. The number of carbonyl (C=O) groups excluding carboxylic acids is 1. The van der Waals surface area contributed by atoms with Crippen LogP contribution < -0.4 is 0 Å². The molecule has 0 spiro atoms. The first kappa shape index (κ1) is 16.9. The van der Waals surface area contributed by atoms with Crippen molar-refractivity contribution in [2.24, 2.45) is 0 Å². The van der Waals surface area contributed by atoms with Gasteiger partial charge < -0.3 is 9.80 Å². The summed E-state index contributed by atoms with van der Waals surface area (Å²) in [5, 5.41) is 4.97. The highest BCUT2D eigenvalue weighted by Gasteiger charge is 2.27. The average molecular weight is 348 g/mol. The molecule has 0 bridgehead atoms. The minimum absolute atomic E-state index is 0.140. The second-order valence-electron chi connectivity index (χ2n) is 6.30. The van der Waals surface area contributed by atoms with Gasteiger partial charge in [-0.3, -0.25) is 4.79 Å². The Morgan fingerprint density at radius 1 is 1.29 bits per heavy atom. The zero-order chi connectivity index (χ0) is 17.3. The third-order valence-corrected chi connectivity index (χ3v) is 4.92. The highest BCUT2D eigenvalue weighted by molar-refractivity contribution is 6.32. The van der Waals surface area contributed by atoms with Gasteiger partial charge in [-0.15, -0.1) is 5.10 Å². The smallest absolute Gasteiger partial charge is 0.293 e. The van der Waals surface area contributed by atoms with Gasteiger partial charge in [-0.25, -0.2) is 9.67 Å². The van der Waals surface area contributed by atoms with Crippen molar-refractivity contribution in [3.8, 4) is 5.69 Å². The number of carbonyl (C=O) groups is 1. The summed E-state index contributed by atoms with van der Waals surface area (Å²) < 4.78 is 1.62. The summed E-state index contributed by atoms with van der Waals surface area (Å²) in [7, 11) is 3.94. The summed E-state index contributed by atoms with van der Waals surface area (Å²) in [4.78, 5) is 21.2. The van der Waals surface area contributed by atoms with E-state index in [2.05, 4.69) is 22.0 Å². The summed E-state index contributed by atoms with van der Waals surface area (Å²) in [6.45, 7) is 3.83. The summed E-state index contributed by atoms with van der Waals surface area (Å²) in [5.41, 5.74) is 0.727. The molecule has 24 heavy (non-hydrogen) atoms. The Bertz CT molecular complexity index is 736. The first-order valence-corrected chi connectivity index (χ1v) is 8.49. The molecular formula is C17H22ClN5O. The van der Waals surface area contributed by atoms with E-state index >= 15 is 0 Å². The van der Waals surface area contributed by atoms with Crippen LogP contribution in [0.5, 0.6) is 0 Å². The fourth-order valence-corrected chi connectivity index (χ4v) is 3.25. The molecule has 0 N–H and O–H groups in total. The van der Waals surface area contributed by atoms with Gasteiger partial charge in [-0.1, -0.05) is 23.7 Å². The standard InChI is InChI=1S/C17H22ClN5O/c1-12-19-16(20-23(12)15-7-5-4-6-14(15)18)17(24)22(3)13-8-10-21(2)11-9-13/h4-7,13H,8-11H2,1-3H3. The van der Waals surface area contributed by atoms with Gasteiger partial charge in [-0.2, -0.15) is 0 Å². The molecule has 0 radical (unpaired) electrons. The number of piperidine rings is 1. The predicted octanol–water partition coefficient (Wildman–Crippen LogP) is 2.40. The maximum absolute atomic E-state index is 12.7. The van der Waals surface area contributed by atoms with Crippen molar-refractivity contribution in [2.45, 2.75) is 25.8 Å². The van der Waals surface area contributed by atoms with E-state index in [-0.39, 0.29) is 17.8 Å². The number of likely N-dealkylation sites (tertiary alicyclic amines) is 1. The van der Waals surface area contributed by atoms with Crippen LogP contribution >= 0.6 is 11.6 Å². The zero-order valence-corrected chi connectivity index (χ0v) is 15.0. The molecular weight excluding hydrogens is 326 g/mol. The maximum atomic E-state index is 12.7. The fraction of sp³-hybridized carbons (Fsp3) is 0.471. The lowest BCUT2D eigenvalue weighted by molar-refractivity contribution is 0.0647. The molecule has 1 aromatic carbocycles. The molecule has 128 valence electrons. The normalized spacial score (nSPS) is 16.3. The van der Waals surface area contributed by atoms with E-state index in [0.717, 1.165) is 31.6 Å². The lowest BCUT2D eigenvalue weighted by Gasteiger charge is -2.34. The van der Waals surface area contributed by atoms with Crippen molar-refractivity contribution in [2.75, 3.05) is 27.2 Å². The summed E-state index contributed by atoms with van der Waals surface area (Å²) >= 11 is 6.23. The Hall–Kier alpha value is -1.92. The van der Waals surface area contributed by atoms with Crippen molar-refractivity contribution < 1.29 is 4.79 Å². The number of rotatable bonds is 3. The second-order valence-corrected chi connectivity index (χ2v) is 6.70. The molecule has 1 saturated heterocycles. The van der Waals surface area contributed by atoms with Gasteiger partial charge in [0.25, 0.3) is 5.91 Å². The monoisotopic (exact) mass is 347 g/mol. The molecule has 6 nitrogen and oxygen atoms in total. The summed E-state index contributed by atoms with van der Waals surface area (Å²) in [6, 6.07) is 7.64. The number of aromatic nitrogens is 3. The highest BCUT2D eigenvalue weighted by atomic mass is 35.5. The number of aryl methyl sites for hydroxylation is 1. The van der Waals surface area contributed by atoms with Gasteiger partial charge in [0.05, 0.1) is 10.7 Å². The van der Waals surface area contributed by atoms with Crippen LogP contribution in [0, 0.1) is 6.92 Å². The number of nitrogens with zero attached hydrogens (tertiary/aromatic N) is 5. The van der Waals surface area contributed by atoms with Crippen LogP contribution in [0.3, 0.4) is 0 Å². The number of benzene rings is 1. The van der Waals surface area contributed by atoms with E-state index in [0.29, 0.717) is 10.8 Å². The quantitative estimate of drug-likeness (QED) is 0.855. The zero-order valence-electron chi connectivity index (χ0n) is 14.2. The van der Waals surface area contributed by atoms with Crippen LogP contribution in [0.15, 0.2) is 24.3 Å².